The van der Waals surface area contributed by atoms with E-state index in [-0.39, 0.29) is 29.4 Å². The average molecular weight is 438 g/mol. The summed E-state index contributed by atoms with van der Waals surface area (Å²) < 4.78 is 29.6. The highest BCUT2D eigenvalue weighted by Crippen LogP contribution is 2.35. The van der Waals surface area contributed by atoms with Gasteiger partial charge in [-0.25, -0.2) is 13.2 Å². The lowest BCUT2D eigenvalue weighted by molar-refractivity contribution is -0.127. The zero-order valence-electron chi connectivity index (χ0n) is 17.5. The second-order valence-electron chi connectivity index (χ2n) is 8.61. The maximum atomic E-state index is 12.9. The van der Waals surface area contributed by atoms with Crippen molar-refractivity contribution in [3.05, 3.63) is 35.9 Å². The van der Waals surface area contributed by atoms with Crippen LogP contribution < -0.4 is 16.0 Å². The van der Waals surface area contributed by atoms with Crippen LogP contribution in [0.5, 0.6) is 0 Å². The van der Waals surface area contributed by atoms with Gasteiger partial charge in [0.25, 0.3) is 0 Å². The number of urea groups is 1. The van der Waals surface area contributed by atoms with Crippen LogP contribution >= 0.6 is 0 Å². The Morgan fingerprint density at radius 3 is 2.60 bits per heavy atom. The summed E-state index contributed by atoms with van der Waals surface area (Å²) in [5, 5.41) is 8.54. The van der Waals surface area contributed by atoms with Gasteiger partial charge in [0.15, 0.2) is 9.84 Å². The Balaban J connectivity index is 1.54. The van der Waals surface area contributed by atoms with Crippen molar-refractivity contribution in [3.63, 3.8) is 0 Å². The Labute approximate surface area is 178 Å². The molecule has 2 fully saturated rings. The number of carbonyl (C=O) groups is 2. The van der Waals surface area contributed by atoms with E-state index in [4.69, 9.17) is 4.74 Å². The Bertz CT molecular complexity index is 859. The van der Waals surface area contributed by atoms with E-state index < -0.39 is 27.5 Å². The predicted octanol–water partition coefficient (Wildman–Crippen LogP) is 1.36. The van der Waals surface area contributed by atoms with E-state index in [1.807, 2.05) is 44.2 Å². The van der Waals surface area contributed by atoms with Crippen molar-refractivity contribution >= 4 is 21.8 Å². The topological polar surface area (TPSA) is 114 Å². The van der Waals surface area contributed by atoms with E-state index in [2.05, 4.69) is 16.0 Å². The molecule has 3 N–H and O–H groups in total. The number of nitrogens with one attached hydrogen (secondary N) is 3. The third-order valence-corrected chi connectivity index (χ3v) is 7.51. The first-order valence-corrected chi connectivity index (χ1v) is 12.2. The van der Waals surface area contributed by atoms with Gasteiger partial charge in [-0.1, -0.05) is 44.2 Å². The summed E-state index contributed by atoms with van der Waals surface area (Å²) in [6.45, 7) is 4.53. The summed E-state index contributed by atoms with van der Waals surface area (Å²) in [5.74, 6) is -0.221. The minimum Gasteiger partial charge on any atom is -0.374 e. The maximum absolute atomic E-state index is 12.9. The molecule has 2 saturated heterocycles. The number of hydrogen-bond acceptors (Lipinski definition) is 5. The molecule has 9 heteroatoms. The van der Waals surface area contributed by atoms with Gasteiger partial charge in [0.2, 0.25) is 5.91 Å². The molecule has 3 rings (SSSR count). The second kappa shape index (κ2) is 9.34. The molecule has 2 heterocycles. The molecular weight excluding hydrogens is 406 g/mol. The molecule has 1 aromatic rings. The molecule has 0 bridgehead atoms. The number of benzene rings is 1. The molecule has 2 aliphatic heterocycles. The summed E-state index contributed by atoms with van der Waals surface area (Å²) in [4.78, 5) is 25.2. The lowest BCUT2D eigenvalue weighted by Crippen LogP contribution is -2.56. The van der Waals surface area contributed by atoms with E-state index >= 15 is 0 Å². The molecule has 0 radical (unpaired) electrons. The summed E-state index contributed by atoms with van der Waals surface area (Å²) in [6, 6.07) is 8.27. The summed E-state index contributed by atoms with van der Waals surface area (Å²) in [6.07, 6.45) is 1.57. The lowest BCUT2D eigenvalue weighted by atomic mass is 9.89. The molecular formula is C21H31N3O5S. The minimum absolute atomic E-state index is 0.0140. The van der Waals surface area contributed by atoms with Gasteiger partial charge in [-0.2, -0.15) is 0 Å². The Kier molecular flexibility index (Phi) is 7.02. The zero-order chi connectivity index (χ0) is 21.8. The van der Waals surface area contributed by atoms with Crippen molar-refractivity contribution in [2.24, 2.45) is 5.92 Å². The van der Waals surface area contributed by atoms with Gasteiger partial charge in [0.1, 0.15) is 6.04 Å². The second-order valence-corrected chi connectivity index (χ2v) is 10.8. The van der Waals surface area contributed by atoms with Crippen LogP contribution in [0.1, 0.15) is 38.7 Å². The highest BCUT2D eigenvalue weighted by molar-refractivity contribution is 7.91. The van der Waals surface area contributed by atoms with Gasteiger partial charge in [-0.3, -0.25) is 4.79 Å². The van der Waals surface area contributed by atoms with Gasteiger partial charge in [0, 0.05) is 19.2 Å². The number of carbonyl (C=O) groups excluding carboxylic acids is 2. The molecule has 2 aliphatic rings. The zero-order valence-corrected chi connectivity index (χ0v) is 18.3. The summed E-state index contributed by atoms with van der Waals surface area (Å²) >= 11 is 0. The van der Waals surface area contributed by atoms with Gasteiger partial charge in [-0.05, 0) is 30.7 Å². The Hall–Kier alpha value is -2.13. The molecule has 30 heavy (non-hydrogen) atoms. The molecule has 0 unspecified atom stereocenters. The number of ether oxygens (including phenoxy) is 1. The van der Waals surface area contributed by atoms with Gasteiger partial charge >= 0.3 is 6.03 Å². The van der Waals surface area contributed by atoms with Gasteiger partial charge in [-0.15, -0.1) is 0 Å². The van der Waals surface area contributed by atoms with Crippen LogP contribution in [0, 0.1) is 5.92 Å². The standard InChI is InChI=1S/C21H31N3O5S/c1-15(2)18(24-20(26)22-13-16-6-4-3-5-7-16)19(25)23-17-8-10-29-21(12-17)9-11-30(27,28)14-21/h3-7,15,17-18H,8-14H2,1-2H3,(H,23,25)(H2,22,24,26)/t17-,18+,21-/m1/s1. The highest BCUT2D eigenvalue weighted by atomic mass is 32.2. The highest BCUT2D eigenvalue weighted by Gasteiger charge is 2.47. The number of sulfone groups is 1. The van der Waals surface area contributed by atoms with Crippen LogP contribution in [-0.4, -0.2) is 56.2 Å². The van der Waals surface area contributed by atoms with E-state index in [1.165, 1.54) is 0 Å². The maximum Gasteiger partial charge on any atom is 0.315 e. The van der Waals surface area contributed by atoms with Crippen molar-refractivity contribution in [2.45, 2.75) is 57.3 Å². The summed E-state index contributed by atoms with van der Waals surface area (Å²) in [5.41, 5.74) is 0.278. The fourth-order valence-corrected chi connectivity index (χ4v) is 6.08. The van der Waals surface area contributed by atoms with Crippen molar-refractivity contribution in [3.8, 4) is 0 Å². The van der Waals surface area contributed by atoms with Crippen molar-refractivity contribution < 1.29 is 22.7 Å². The lowest BCUT2D eigenvalue weighted by Gasteiger charge is -2.38. The molecule has 8 nitrogen and oxygen atoms in total. The Morgan fingerprint density at radius 1 is 1.23 bits per heavy atom. The molecule has 3 amide bonds. The van der Waals surface area contributed by atoms with E-state index in [0.29, 0.717) is 32.4 Å². The van der Waals surface area contributed by atoms with Crippen LogP contribution in [0.3, 0.4) is 0 Å². The molecule has 0 aromatic heterocycles. The first kappa shape index (κ1) is 22.6. The van der Waals surface area contributed by atoms with Crippen molar-refractivity contribution in [1.82, 2.24) is 16.0 Å². The smallest absolute Gasteiger partial charge is 0.315 e. The van der Waals surface area contributed by atoms with E-state index in [1.54, 1.807) is 0 Å². The van der Waals surface area contributed by atoms with Crippen molar-refractivity contribution in [2.75, 3.05) is 18.1 Å². The molecule has 3 atom stereocenters. The summed E-state index contributed by atoms with van der Waals surface area (Å²) in [7, 11) is -3.08. The largest absolute Gasteiger partial charge is 0.374 e. The van der Waals surface area contributed by atoms with Crippen LogP contribution in [0.4, 0.5) is 4.79 Å². The first-order chi connectivity index (χ1) is 14.2. The van der Waals surface area contributed by atoms with E-state index in [9.17, 15) is 18.0 Å². The molecule has 1 aromatic carbocycles. The van der Waals surface area contributed by atoms with Crippen LogP contribution in [-0.2, 0) is 25.9 Å². The normalized spacial score (nSPS) is 26.3. The third kappa shape index (κ3) is 5.95. The number of amides is 3. The van der Waals surface area contributed by atoms with Crippen LogP contribution in [0.15, 0.2) is 30.3 Å². The Morgan fingerprint density at radius 2 is 1.97 bits per heavy atom. The van der Waals surface area contributed by atoms with Gasteiger partial charge in [0.05, 0.1) is 17.1 Å². The monoisotopic (exact) mass is 437 g/mol. The minimum atomic E-state index is -3.08. The quantitative estimate of drug-likeness (QED) is 0.622. The average Bonchev–Trinajstić information content (AvgIpc) is 2.98. The molecule has 1 spiro atoms. The van der Waals surface area contributed by atoms with Crippen molar-refractivity contribution in [1.29, 1.82) is 0 Å². The van der Waals surface area contributed by atoms with E-state index in [0.717, 1.165) is 5.56 Å². The van der Waals surface area contributed by atoms with Gasteiger partial charge < -0.3 is 20.7 Å². The number of rotatable bonds is 6. The molecule has 0 aliphatic carbocycles. The van der Waals surface area contributed by atoms with Crippen LogP contribution in [0.2, 0.25) is 0 Å². The molecule has 166 valence electrons. The SMILES string of the molecule is CC(C)[C@H](NC(=O)NCc1ccccc1)C(=O)N[C@@H]1CCO[C@]2(CCS(=O)(=O)C2)C1. The first-order valence-electron chi connectivity index (χ1n) is 10.4. The molecule has 0 saturated carbocycles. The third-order valence-electron chi connectivity index (χ3n) is 5.72. The fourth-order valence-electron chi connectivity index (χ4n) is 4.11. The number of hydrogen-bond donors (Lipinski definition) is 3. The predicted molar refractivity (Wildman–Crippen MR) is 114 cm³/mol. The van der Waals surface area contributed by atoms with Crippen LogP contribution in [0.25, 0.3) is 0 Å². The fraction of sp³-hybridized carbons (Fsp3) is 0.619.